The largest absolute Gasteiger partial charge is 0.382 e. The lowest BCUT2D eigenvalue weighted by atomic mass is 9.88. The fourth-order valence-corrected chi connectivity index (χ4v) is 1.63. The minimum absolute atomic E-state index is 0.170. The summed E-state index contributed by atoms with van der Waals surface area (Å²) in [6.07, 6.45) is 0.909. The molecule has 0 fully saturated rings. The number of benzene rings is 1. The Morgan fingerprint density at radius 3 is 2.40 bits per heavy atom. The fraction of sp³-hybridized carbons (Fsp3) is 0.462. The Bertz CT molecular complexity index is 351. The molecule has 0 spiro atoms. The van der Waals surface area contributed by atoms with E-state index in [1.807, 2.05) is 39.0 Å². The van der Waals surface area contributed by atoms with E-state index in [0.717, 1.165) is 5.56 Å². The monoisotopic (exact) mass is 206 g/mol. The van der Waals surface area contributed by atoms with E-state index >= 15 is 0 Å². The summed E-state index contributed by atoms with van der Waals surface area (Å²) in [6, 6.07) is 7.35. The van der Waals surface area contributed by atoms with Crippen molar-refractivity contribution in [2.24, 2.45) is 0 Å². The molecule has 2 nitrogen and oxygen atoms in total. The van der Waals surface area contributed by atoms with Crippen LogP contribution in [0.1, 0.15) is 42.6 Å². The third-order valence-electron chi connectivity index (χ3n) is 2.87. The van der Waals surface area contributed by atoms with Gasteiger partial charge in [-0.2, -0.15) is 0 Å². The summed E-state index contributed by atoms with van der Waals surface area (Å²) in [5.74, 6) is -0.170. The lowest BCUT2D eigenvalue weighted by molar-refractivity contribution is 0.0277. The van der Waals surface area contributed by atoms with Crippen LogP contribution in [-0.4, -0.2) is 16.5 Å². The molecule has 0 amide bonds. The van der Waals surface area contributed by atoms with Gasteiger partial charge in [0.2, 0.25) is 0 Å². The third-order valence-corrected chi connectivity index (χ3v) is 2.87. The van der Waals surface area contributed by atoms with E-state index < -0.39 is 5.60 Å². The number of aliphatic hydroxyl groups is 1. The first-order chi connectivity index (χ1) is 7.03. The van der Waals surface area contributed by atoms with Crippen LogP contribution in [0.4, 0.5) is 0 Å². The molecule has 0 atom stereocenters. The molecular formula is C13H18O2. The van der Waals surface area contributed by atoms with Gasteiger partial charge in [-0.1, -0.05) is 37.6 Å². The molecule has 2 heteroatoms. The number of Topliss-reactive ketones (excluding diaryl/α,β-unsaturated/α-hetero) is 1. The van der Waals surface area contributed by atoms with E-state index in [0.29, 0.717) is 18.4 Å². The van der Waals surface area contributed by atoms with Crippen LogP contribution in [0.15, 0.2) is 24.3 Å². The molecule has 0 unspecified atom stereocenters. The van der Waals surface area contributed by atoms with Gasteiger partial charge in [-0.25, -0.2) is 0 Å². The molecule has 0 heterocycles. The zero-order chi connectivity index (χ0) is 11.5. The van der Waals surface area contributed by atoms with Crippen LogP contribution in [0.5, 0.6) is 0 Å². The highest BCUT2D eigenvalue weighted by Gasteiger charge is 2.32. The second-order valence-electron chi connectivity index (χ2n) is 3.94. The van der Waals surface area contributed by atoms with E-state index in [1.165, 1.54) is 0 Å². The first kappa shape index (κ1) is 11.9. The maximum atomic E-state index is 12.0. The molecule has 1 rings (SSSR count). The fourth-order valence-electron chi connectivity index (χ4n) is 1.63. The summed E-state index contributed by atoms with van der Waals surface area (Å²) in [4.78, 5) is 12.0. The quantitative estimate of drug-likeness (QED) is 0.769. The van der Waals surface area contributed by atoms with E-state index in [4.69, 9.17) is 0 Å². The third kappa shape index (κ3) is 2.45. The number of aryl methyl sites for hydroxylation is 1. The molecule has 15 heavy (non-hydrogen) atoms. The Morgan fingerprint density at radius 1 is 1.33 bits per heavy atom. The average molecular weight is 206 g/mol. The number of hydrogen-bond donors (Lipinski definition) is 1. The van der Waals surface area contributed by atoms with Crippen molar-refractivity contribution in [2.75, 3.05) is 0 Å². The van der Waals surface area contributed by atoms with Crippen molar-refractivity contribution in [1.82, 2.24) is 0 Å². The van der Waals surface area contributed by atoms with Gasteiger partial charge >= 0.3 is 0 Å². The molecule has 0 saturated carbocycles. The van der Waals surface area contributed by atoms with Gasteiger partial charge in [0.25, 0.3) is 0 Å². The van der Waals surface area contributed by atoms with Gasteiger partial charge < -0.3 is 5.11 Å². The molecule has 0 aromatic heterocycles. The van der Waals surface area contributed by atoms with Crippen LogP contribution in [0.25, 0.3) is 0 Å². The SMILES string of the molecule is CCC(O)(CC)C(=O)c1cccc(C)c1. The van der Waals surface area contributed by atoms with Gasteiger partial charge in [0.1, 0.15) is 5.60 Å². The molecule has 82 valence electrons. The molecule has 0 saturated heterocycles. The van der Waals surface area contributed by atoms with Crippen LogP contribution in [0, 0.1) is 6.92 Å². The number of carbonyl (C=O) groups is 1. The highest BCUT2D eigenvalue weighted by molar-refractivity contribution is 6.02. The smallest absolute Gasteiger partial charge is 0.194 e. The van der Waals surface area contributed by atoms with Gasteiger partial charge in [-0.3, -0.25) is 4.79 Å². The first-order valence-electron chi connectivity index (χ1n) is 5.37. The van der Waals surface area contributed by atoms with Gasteiger partial charge in [-0.15, -0.1) is 0 Å². The van der Waals surface area contributed by atoms with E-state index in [1.54, 1.807) is 6.07 Å². The van der Waals surface area contributed by atoms with Gasteiger partial charge in [-0.05, 0) is 25.8 Å². The first-order valence-corrected chi connectivity index (χ1v) is 5.37. The lowest BCUT2D eigenvalue weighted by Crippen LogP contribution is -2.37. The van der Waals surface area contributed by atoms with Crippen LogP contribution < -0.4 is 0 Å². The Kier molecular flexibility index (Phi) is 3.64. The normalized spacial score (nSPS) is 11.5. The summed E-state index contributed by atoms with van der Waals surface area (Å²) >= 11 is 0. The number of carbonyl (C=O) groups excluding carboxylic acids is 1. The number of rotatable bonds is 4. The second-order valence-corrected chi connectivity index (χ2v) is 3.94. The predicted octanol–water partition coefficient (Wildman–Crippen LogP) is 2.73. The van der Waals surface area contributed by atoms with Crippen molar-refractivity contribution in [3.63, 3.8) is 0 Å². The van der Waals surface area contributed by atoms with Crippen molar-refractivity contribution < 1.29 is 9.90 Å². The molecule has 0 radical (unpaired) electrons. The van der Waals surface area contributed by atoms with E-state index in [2.05, 4.69) is 0 Å². The minimum Gasteiger partial charge on any atom is -0.382 e. The van der Waals surface area contributed by atoms with Crippen LogP contribution in [0.2, 0.25) is 0 Å². The maximum Gasteiger partial charge on any atom is 0.194 e. The predicted molar refractivity (Wildman–Crippen MR) is 61.0 cm³/mol. The molecule has 1 N–H and O–H groups in total. The molecule has 0 aliphatic heterocycles. The summed E-state index contributed by atoms with van der Waals surface area (Å²) in [7, 11) is 0. The number of ketones is 1. The molecule has 0 bridgehead atoms. The lowest BCUT2D eigenvalue weighted by Gasteiger charge is -2.23. The summed E-state index contributed by atoms with van der Waals surface area (Å²) in [6.45, 7) is 5.60. The molecular weight excluding hydrogens is 188 g/mol. The van der Waals surface area contributed by atoms with Crippen molar-refractivity contribution in [3.05, 3.63) is 35.4 Å². The van der Waals surface area contributed by atoms with E-state index in [-0.39, 0.29) is 5.78 Å². The standard InChI is InChI=1S/C13H18O2/c1-4-13(15,5-2)12(14)11-8-6-7-10(3)9-11/h6-9,15H,4-5H2,1-3H3. The van der Waals surface area contributed by atoms with Gasteiger partial charge in [0.15, 0.2) is 5.78 Å². The Morgan fingerprint density at radius 2 is 1.93 bits per heavy atom. The summed E-state index contributed by atoms with van der Waals surface area (Å²) < 4.78 is 0. The zero-order valence-electron chi connectivity index (χ0n) is 9.58. The number of hydrogen-bond acceptors (Lipinski definition) is 2. The van der Waals surface area contributed by atoms with Crippen molar-refractivity contribution >= 4 is 5.78 Å². The topological polar surface area (TPSA) is 37.3 Å². The maximum absolute atomic E-state index is 12.0. The Balaban J connectivity index is 3.03. The molecule has 0 aliphatic rings. The van der Waals surface area contributed by atoms with Crippen molar-refractivity contribution in [2.45, 2.75) is 39.2 Å². The Labute approximate surface area is 90.9 Å². The Hall–Kier alpha value is -1.15. The summed E-state index contributed by atoms with van der Waals surface area (Å²) in [5.41, 5.74) is 0.435. The molecule has 1 aromatic rings. The van der Waals surface area contributed by atoms with Crippen molar-refractivity contribution in [3.8, 4) is 0 Å². The average Bonchev–Trinajstić information content (AvgIpc) is 2.27. The molecule has 0 aliphatic carbocycles. The highest BCUT2D eigenvalue weighted by atomic mass is 16.3. The van der Waals surface area contributed by atoms with Crippen LogP contribution >= 0.6 is 0 Å². The van der Waals surface area contributed by atoms with Crippen LogP contribution in [0.3, 0.4) is 0 Å². The van der Waals surface area contributed by atoms with Crippen LogP contribution in [-0.2, 0) is 0 Å². The van der Waals surface area contributed by atoms with Crippen molar-refractivity contribution in [1.29, 1.82) is 0 Å². The minimum atomic E-state index is -1.20. The van der Waals surface area contributed by atoms with Gasteiger partial charge in [0, 0.05) is 5.56 Å². The highest BCUT2D eigenvalue weighted by Crippen LogP contribution is 2.21. The molecule has 1 aromatic carbocycles. The second kappa shape index (κ2) is 4.58. The van der Waals surface area contributed by atoms with E-state index in [9.17, 15) is 9.90 Å². The summed E-state index contributed by atoms with van der Waals surface area (Å²) in [5, 5.41) is 10.1. The zero-order valence-corrected chi connectivity index (χ0v) is 9.58. The van der Waals surface area contributed by atoms with Gasteiger partial charge in [0.05, 0.1) is 0 Å².